The lowest BCUT2D eigenvalue weighted by Gasteiger charge is -2.39. The Labute approximate surface area is 180 Å². The molecule has 8 nitrogen and oxygen atoms in total. The monoisotopic (exact) mass is 435 g/mol. The fourth-order valence-electron chi connectivity index (χ4n) is 4.42. The summed E-state index contributed by atoms with van der Waals surface area (Å²) in [6.07, 6.45) is 2.38. The fraction of sp³-hybridized carbons (Fsp3) is 0.571. The average molecular weight is 436 g/mol. The van der Waals surface area contributed by atoms with Crippen LogP contribution in [0.2, 0.25) is 5.02 Å². The number of nitrogens with zero attached hydrogens (tertiary/aromatic N) is 2. The molecule has 0 unspecified atom stereocenters. The van der Waals surface area contributed by atoms with Gasteiger partial charge in [-0.25, -0.2) is 0 Å². The van der Waals surface area contributed by atoms with Crippen LogP contribution in [-0.4, -0.2) is 72.5 Å². The molecule has 9 heteroatoms. The Hall–Kier alpha value is -2.32. The zero-order chi connectivity index (χ0) is 21.3. The number of hydrogen-bond acceptors (Lipinski definition) is 5. The number of likely N-dealkylation sites (tertiary alicyclic amines) is 1. The van der Waals surface area contributed by atoms with E-state index in [1.54, 1.807) is 28.0 Å². The lowest BCUT2D eigenvalue weighted by atomic mass is 9.93. The van der Waals surface area contributed by atoms with E-state index in [1.807, 2.05) is 0 Å². The second-order valence-electron chi connectivity index (χ2n) is 8.26. The van der Waals surface area contributed by atoms with E-state index in [0.29, 0.717) is 74.9 Å². The van der Waals surface area contributed by atoms with E-state index in [4.69, 9.17) is 26.8 Å². The number of ether oxygens (including phenoxy) is 2. The van der Waals surface area contributed by atoms with E-state index in [-0.39, 0.29) is 30.2 Å². The maximum atomic E-state index is 13.3. The maximum Gasteiger partial charge on any atom is 0.258 e. The molecule has 3 aliphatic rings. The number of amides is 3. The van der Waals surface area contributed by atoms with Gasteiger partial charge in [0.05, 0.1) is 25.3 Å². The molecule has 2 N–H and O–H groups in total. The zero-order valence-corrected chi connectivity index (χ0v) is 17.5. The summed E-state index contributed by atoms with van der Waals surface area (Å²) < 4.78 is 11.8. The smallest absolute Gasteiger partial charge is 0.258 e. The molecule has 0 atom stereocenters. The number of piperidine rings is 1. The Morgan fingerprint density at radius 1 is 1.20 bits per heavy atom. The minimum absolute atomic E-state index is 0.0437. The van der Waals surface area contributed by atoms with Gasteiger partial charge in [-0.05, 0) is 31.0 Å². The molecule has 3 aliphatic heterocycles. The van der Waals surface area contributed by atoms with Gasteiger partial charge in [0, 0.05) is 36.9 Å². The summed E-state index contributed by atoms with van der Waals surface area (Å²) in [5, 5.41) is 0.438. The van der Waals surface area contributed by atoms with E-state index in [0.717, 1.165) is 0 Å². The van der Waals surface area contributed by atoms with Crippen LogP contribution in [0.5, 0.6) is 5.75 Å². The zero-order valence-electron chi connectivity index (χ0n) is 16.8. The molecule has 3 amide bonds. The van der Waals surface area contributed by atoms with E-state index in [2.05, 4.69) is 0 Å². The molecule has 2 fully saturated rings. The number of hydrogen-bond donors (Lipinski definition) is 1. The molecule has 0 saturated carbocycles. The normalized spacial score (nSPS) is 21.7. The molecule has 4 rings (SSSR count). The Morgan fingerprint density at radius 2 is 1.90 bits per heavy atom. The summed E-state index contributed by atoms with van der Waals surface area (Å²) in [6, 6.07) is 5.00. The van der Waals surface area contributed by atoms with Gasteiger partial charge in [0.2, 0.25) is 11.8 Å². The second kappa shape index (κ2) is 8.43. The van der Waals surface area contributed by atoms with Crippen LogP contribution in [-0.2, 0) is 14.3 Å². The van der Waals surface area contributed by atoms with Gasteiger partial charge in [-0.3, -0.25) is 14.4 Å². The van der Waals surface area contributed by atoms with Gasteiger partial charge in [-0.15, -0.1) is 0 Å². The number of fused-ring (bicyclic) bond motifs is 1. The Kier molecular flexibility index (Phi) is 5.88. The Balaban J connectivity index is 1.54. The first-order valence-electron chi connectivity index (χ1n) is 10.3. The molecule has 1 aromatic carbocycles. The molecule has 1 aromatic rings. The van der Waals surface area contributed by atoms with Gasteiger partial charge in [0.25, 0.3) is 5.91 Å². The van der Waals surface area contributed by atoms with Gasteiger partial charge in [0.15, 0.2) is 0 Å². The van der Waals surface area contributed by atoms with Gasteiger partial charge in [-0.2, -0.15) is 0 Å². The van der Waals surface area contributed by atoms with Crippen molar-refractivity contribution in [2.75, 3.05) is 39.4 Å². The van der Waals surface area contributed by atoms with Gasteiger partial charge in [-0.1, -0.05) is 11.6 Å². The minimum Gasteiger partial charge on any atom is -0.484 e. The molecule has 3 heterocycles. The summed E-state index contributed by atoms with van der Waals surface area (Å²) >= 11 is 6.13. The van der Waals surface area contributed by atoms with Crippen LogP contribution in [0.1, 0.15) is 36.0 Å². The number of halogens is 1. The predicted molar refractivity (Wildman–Crippen MR) is 109 cm³/mol. The first-order valence-corrected chi connectivity index (χ1v) is 10.7. The van der Waals surface area contributed by atoms with E-state index >= 15 is 0 Å². The van der Waals surface area contributed by atoms with Crippen LogP contribution in [0.25, 0.3) is 0 Å². The first-order chi connectivity index (χ1) is 14.4. The number of carbonyl (C=O) groups is 3. The van der Waals surface area contributed by atoms with Crippen LogP contribution >= 0.6 is 11.6 Å². The minimum atomic E-state index is -0.591. The van der Waals surface area contributed by atoms with Crippen molar-refractivity contribution in [3.8, 4) is 5.75 Å². The van der Waals surface area contributed by atoms with Crippen molar-refractivity contribution < 1.29 is 23.9 Å². The molecule has 2 saturated heterocycles. The lowest BCUT2D eigenvalue weighted by molar-refractivity contribution is -0.136. The fourth-order valence-corrected chi connectivity index (χ4v) is 4.59. The second-order valence-corrected chi connectivity index (χ2v) is 8.69. The van der Waals surface area contributed by atoms with Crippen molar-refractivity contribution in [3.63, 3.8) is 0 Å². The van der Waals surface area contributed by atoms with Crippen molar-refractivity contribution in [1.29, 1.82) is 0 Å². The average Bonchev–Trinajstić information content (AvgIpc) is 2.84. The van der Waals surface area contributed by atoms with E-state index < -0.39 is 5.60 Å². The van der Waals surface area contributed by atoms with Crippen molar-refractivity contribution in [1.82, 2.24) is 9.80 Å². The number of rotatable bonds is 3. The molecular formula is C21H26ClN3O5. The van der Waals surface area contributed by atoms with Crippen molar-refractivity contribution in [3.05, 3.63) is 28.8 Å². The number of nitrogens with two attached hydrogens (primary N) is 1. The third-order valence-corrected chi connectivity index (χ3v) is 6.48. The largest absolute Gasteiger partial charge is 0.484 e. The summed E-state index contributed by atoms with van der Waals surface area (Å²) in [6.45, 7) is 2.28. The molecule has 0 radical (unpaired) electrons. The Bertz CT molecular complexity index is 847. The summed E-state index contributed by atoms with van der Waals surface area (Å²) in [5.41, 5.74) is 5.16. The van der Waals surface area contributed by atoms with Crippen molar-refractivity contribution in [2.24, 2.45) is 11.7 Å². The third-order valence-electron chi connectivity index (χ3n) is 6.24. The highest BCUT2D eigenvalue weighted by molar-refractivity contribution is 6.31. The van der Waals surface area contributed by atoms with Crippen LogP contribution < -0.4 is 10.5 Å². The Morgan fingerprint density at radius 3 is 2.57 bits per heavy atom. The lowest BCUT2D eigenvalue weighted by Crippen LogP contribution is -2.53. The maximum absolute atomic E-state index is 13.3. The van der Waals surface area contributed by atoms with Crippen LogP contribution in [0, 0.1) is 5.92 Å². The van der Waals surface area contributed by atoms with Crippen molar-refractivity contribution in [2.45, 2.75) is 31.3 Å². The molecule has 0 bridgehead atoms. The number of primary amides is 1. The number of benzene rings is 1. The van der Waals surface area contributed by atoms with Crippen LogP contribution in [0.4, 0.5) is 0 Å². The van der Waals surface area contributed by atoms with Gasteiger partial charge < -0.3 is 25.0 Å². The highest BCUT2D eigenvalue weighted by Crippen LogP contribution is 2.36. The van der Waals surface area contributed by atoms with Gasteiger partial charge >= 0.3 is 0 Å². The summed E-state index contributed by atoms with van der Waals surface area (Å²) in [7, 11) is 0. The molecular weight excluding hydrogens is 410 g/mol. The van der Waals surface area contributed by atoms with Crippen LogP contribution in [0.15, 0.2) is 18.2 Å². The van der Waals surface area contributed by atoms with Crippen LogP contribution in [0.3, 0.4) is 0 Å². The van der Waals surface area contributed by atoms with E-state index in [9.17, 15) is 14.4 Å². The standard InChI is InChI=1S/C21H26ClN3O5/c22-15-1-2-17-16(11-15)20(28)25(13-21(30-17)5-9-29-10-6-21)12-18(26)24-7-3-14(4-8-24)19(23)27/h1-2,11,14H,3-10,12-13H2,(H2,23,27). The molecule has 0 aliphatic carbocycles. The summed E-state index contributed by atoms with van der Waals surface area (Å²) in [5.74, 6) is -0.433. The highest BCUT2D eigenvalue weighted by atomic mass is 35.5. The SMILES string of the molecule is NC(=O)C1CCN(C(=O)CN2CC3(CCOCC3)Oc3ccc(Cl)cc3C2=O)CC1. The summed E-state index contributed by atoms with van der Waals surface area (Å²) in [4.78, 5) is 40.9. The molecule has 30 heavy (non-hydrogen) atoms. The van der Waals surface area contributed by atoms with Gasteiger partial charge in [0.1, 0.15) is 17.9 Å². The topological polar surface area (TPSA) is 102 Å². The third kappa shape index (κ3) is 4.25. The molecule has 0 aromatic heterocycles. The molecule has 1 spiro atoms. The first kappa shape index (κ1) is 20.9. The predicted octanol–water partition coefficient (Wildman–Crippen LogP) is 1.45. The van der Waals surface area contributed by atoms with E-state index in [1.165, 1.54) is 0 Å². The highest BCUT2D eigenvalue weighted by Gasteiger charge is 2.43. The quantitative estimate of drug-likeness (QED) is 0.774. The molecule has 162 valence electrons. The number of carbonyl (C=O) groups excluding carboxylic acids is 3. The van der Waals surface area contributed by atoms with Crippen molar-refractivity contribution >= 4 is 29.3 Å².